The summed E-state index contributed by atoms with van der Waals surface area (Å²) in [4.78, 5) is 31.6. The molecule has 0 aromatic carbocycles. The van der Waals surface area contributed by atoms with Gasteiger partial charge in [0.2, 0.25) is 0 Å². The highest BCUT2D eigenvalue weighted by Gasteiger charge is 2.16. The number of hydrogen-bond acceptors (Lipinski definition) is 7. The van der Waals surface area contributed by atoms with Crippen LogP contribution in [0.1, 0.15) is 45.2 Å². The molecule has 4 heterocycles. The van der Waals surface area contributed by atoms with Crippen LogP contribution >= 0.6 is 0 Å². The number of ether oxygens (including phenoxy) is 2. The molecular formula is C29H40N6O3. The normalized spacial score (nSPS) is 12.8. The van der Waals surface area contributed by atoms with Gasteiger partial charge in [-0.15, -0.1) is 0 Å². The predicted molar refractivity (Wildman–Crippen MR) is 151 cm³/mol. The highest BCUT2D eigenvalue weighted by Crippen LogP contribution is 2.29. The van der Waals surface area contributed by atoms with Gasteiger partial charge in [-0.25, -0.2) is 9.97 Å². The Bertz CT molecular complexity index is 1360. The van der Waals surface area contributed by atoms with Crippen LogP contribution in [0.2, 0.25) is 0 Å². The summed E-state index contributed by atoms with van der Waals surface area (Å²) in [5, 5.41) is 1.96. The number of esters is 1. The molecule has 4 rings (SSSR count). The van der Waals surface area contributed by atoms with Gasteiger partial charge in [0.05, 0.1) is 17.4 Å². The molecule has 9 nitrogen and oxygen atoms in total. The van der Waals surface area contributed by atoms with E-state index in [0.717, 1.165) is 65.7 Å². The molecule has 0 aliphatic carbocycles. The molecule has 0 bridgehead atoms. The molecule has 0 radical (unpaired) electrons. The monoisotopic (exact) mass is 520 g/mol. The van der Waals surface area contributed by atoms with Crippen molar-refractivity contribution in [3.63, 3.8) is 0 Å². The van der Waals surface area contributed by atoms with Gasteiger partial charge in [0.15, 0.2) is 0 Å². The Morgan fingerprint density at radius 2 is 1.45 bits per heavy atom. The zero-order chi connectivity index (χ0) is 27.2. The maximum atomic E-state index is 11.5. The van der Waals surface area contributed by atoms with Gasteiger partial charge in [-0.3, -0.25) is 4.79 Å². The number of H-pyrrole nitrogens is 2. The Morgan fingerprint density at radius 1 is 0.895 bits per heavy atom. The second kappa shape index (κ2) is 12.4. The molecule has 0 aliphatic heterocycles. The van der Waals surface area contributed by atoms with Crippen LogP contribution in [-0.4, -0.2) is 81.6 Å². The molecule has 4 aromatic rings. The van der Waals surface area contributed by atoms with Gasteiger partial charge >= 0.3 is 5.97 Å². The molecule has 0 saturated carbocycles. The zero-order valence-corrected chi connectivity index (χ0v) is 23.4. The first-order valence-electron chi connectivity index (χ1n) is 13.4. The van der Waals surface area contributed by atoms with E-state index in [4.69, 9.17) is 9.47 Å². The number of nitrogens with zero attached hydrogens (tertiary/aromatic N) is 4. The third kappa shape index (κ3) is 6.52. The van der Waals surface area contributed by atoms with Crippen molar-refractivity contribution in [3.05, 3.63) is 48.0 Å². The second-order valence-corrected chi connectivity index (χ2v) is 10.3. The third-order valence-electron chi connectivity index (χ3n) is 7.38. The lowest BCUT2D eigenvalue weighted by molar-refractivity contribution is -0.131. The van der Waals surface area contributed by atoms with Crippen LogP contribution in [0.25, 0.3) is 22.1 Å². The summed E-state index contributed by atoms with van der Waals surface area (Å²) in [6, 6.07) is 4.54. The van der Waals surface area contributed by atoms with E-state index in [1.807, 2.05) is 12.3 Å². The van der Waals surface area contributed by atoms with E-state index >= 15 is 0 Å². The minimum atomic E-state index is -0.337. The minimum absolute atomic E-state index is 0.328. The van der Waals surface area contributed by atoms with E-state index in [1.54, 1.807) is 18.5 Å². The van der Waals surface area contributed by atoms with Crippen LogP contribution in [0.15, 0.2) is 36.9 Å². The van der Waals surface area contributed by atoms with Gasteiger partial charge in [0.1, 0.15) is 22.8 Å². The van der Waals surface area contributed by atoms with Gasteiger partial charge in [0.25, 0.3) is 0 Å². The van der Waals surface area contributed by atoms with E-state index in [9.17, 15) is 4.79 Å². The average molecular weight is 521 g/mol. The van der Waals surface area contributed by atoms with Crippen molar-refractivity contribution in [1.29, 1.82) is 0 Å². The summed E-state index contributed by atoms with van der Waals surface area (Å²) in [7, 11) is 4.28. The van der Waals surface area contributed by atoms with Crippen LogP contribution < -0.4 is 9.47 Å². The minimum Gasteiger partial charge on any atom is -0.493 e. The molecule has 0 fully saturated rings. The molecule has 1 atom stereocenters. The second-order valence-electron chi connectivity index (χ2n) is 10.3. The standard InChI is InChI=1S/C29H40N6O3/c1-19(2)34(5)14-9-22-17-32-28-26(22)24(7-12-30-28)37-16-11-20(3)35(6)15-10-23-18-33-29-27(23)25(8-13-31-29)38-21(4)36/h7-8,12-13,17-20H,9-11,14-16H2,1-6H3,(H,30,32)(H,31,33). The SMILES string of the molecule is CC(=O)Oc1ccnc2[nH]cc(CCN(C)C(C)CCOc3ccnc4[nH]cc(CCN(C)C(C)C)c34)c12. The van der Waals surface area contributed by atoms with E-state index < -0.39 is 0 Å². The van der Waals surface area contributed by atoms with Gasteiger partial charge < -0.3 is 29.2 Å². The molecule has 38 heavy (non-hydrogen) atoms. The molecule has 0 spiro atoms. The van der Waals surface area contributed by atoms with Crippen LogP contribution in [0.5, 0.6) is 11.5 Å². The predicted octanol–water partition coefficient (Wildman–Crippen LogP) is 4.58. The highest BCUT2D eigenvalue weighted by atomic mass is 16.5. The Kier molecular flexibility index (Phi) is 9.01. The number of aromatic amines is 2. The van der Waals surface area contributed by atoms with Crippen LogP contribution in [-0.2, 0) is 17.6 Å². The molecule has 0 saturated heterocycles. The van der Waals surface area contributed by atoms with Gasteiger partial charge in [0, 0.05) is 63.0 Å². The fraction of sp³-hybridized carbons (Fsp3) is 0.483. The number of carbonyl (C=O) groups is 1. The zero-order valence-electron chi connectivity index (χ0n) is 23.4. The number of fused-ring (bicyclic) bond motifs is 2. The molecule has 0 aliphatic rings. The molecule has 204 valence electrons. The van der Waals surface area contributed by atoms with E-state index in [-0.39, 0.29) is 5.97 Å². The summed E-state index contributed by atoms with van der Waals surface area (Å²) >= 11 is 0. The van der Waals surface area contributed by atoms with Crippen molar-refractivity contribution >= 4 is 28.0 Å². The van der Waals surface area contributed by atoms with Crippen molar-refractivity contribution < 1.29 is 14.3 Å². The molecular weight excluding hydrogens is 480 g/mol. The fourth-order valence-corrected chi connectivity index (χ4v) is 4.57. The van der Waals surface area contributed by atoms with Crippen molar-refractivity contribution in [2.45, 2.75) is 59.0 Å². The van der Waals surface area contributed by atoms with Gasteiger partial charge in [-0.1, -0.05) is 0 Å². The number of rotatable bonds is 13. The highest BCUT2D eigenvalue weighted by molar-refractivity contribution is 5.88. The lowest BCUT2D eigenvalue weighted by Gasteiger charge is -2.24. The summed E-state index contributed by atoms with van der Waals surface area (Å²) in [5.74, 6) is 1.10. The lowest BCUT2D eigenvalue weighted by Crippen LogP contribution is -2.32. The third-order valence-corrected chi connectivity index (χ3v) is 7.38. The molecule has 9 heteroatoms. The summed E-state index contributed by atoms with van der Waals surface area (Å²) in [6.45, 7) is 10.5. The number of aromatic nitrogens is 4. The van der Waals surface area contributed by atoms with Crippen LogP contribution in [0.4, 0.5) is 0 Å². The lowest BCUT2D eigenvalue weighted by atomic mass is 10.1. The summed E-state index contributed by atoms with van der Waals surface area (Å²) in [5.41, 5.74) is 3.92. The molecule has 4 aromatic heterocycles. The topological polar surface area (TPSA) is 99.4 Å². The number of pyridine rings is 2. The maximum Gasteiger partial charge on any atom is 0.308 e. The fourth-order valence-electron chi connectivity index (χ4n) is 4.57. The van der Waals surface area contributed by atoms with Crippen molar-refractivity contribution in [3.8, 4) is 11.5 Å². The molecule has 0 amide bonds. The van der Waals surface area contributed by atoms with Crippen LogP contribution in [0.3, 0.4) is 0 Å². The number of hydrogen-bond donors (Lipinski definition) is 2. The Morgan fingerprint density at radius 3 is 2.03 bits per heavy atom. The van der Waals surface area contributed by atoms with Gasteiger partial charge in [-0.2, -0.15) is 0 Å². The smallest absolute Gasteiger partial charge is 0.308 e. The largest absolute Gasteiger partial charge is 0.493 e. The molecule has 2 N–H and O–H groups in total. The maximum absolute atomic E-state index is 11.5. The summed E-state index contributed by atoms with van der Waals surface area (Å²) < 4.78 is 11.7. The van der Waals surface area contributed by atoms with Crippen LogP contribution in [0, 0.1) is 0 Å². The van der Waals surface area contributed by atoms with Crippen molar-refractivity contribution in [1.82, 2.24) is 29.7 Å². The number of carbonyl (C=O) groups excluding carboxylic acids is 1. The van der Waals surface area contributed by atoms with Crippen molar-refractivity contribution in [2.24, 2.45) is 0 Å². The first-order valence-corrected chi connectivity index (χ1v) is 13.4. The quantitative estimate of drug-likeness (QED) is 0.249. The molecule has 1 unspecified atom stereocenters. The first kappa shape index (κ1) is 27.6. The van der Waals surface area contributed by atoms with Crippen molar-refractivity contribution in [2.75, 3.05) is 33.8 Å². The average Bonchev–Trinajstić information content (AvgIpc) is 3.50. The van der Waals surface area contributed by atoms with E-state index in [2.05, 4.69) is 70.8 Å². The van der Waals surface area contributed by atoms with E-state index in [0.29, 0.717) is 24.4 Å². The Balaban J connectivity index is 1.33. The Hall–Kier alpha value is -3.43. The van der Waals surface area contributed by atoms with Gasteiger partial charge in [-0.05, 0) is 71.3 Å². The van der Waals surface area contributed by atoms with E-state index in [1.165, 1.54) is 12.5 Å². The first-order chi connectivity index (χ1) is 18.2. The number of nitrogens with one attached hydrogen (secondary N) is 2. The Labute approximate surface area is 224 Å². The summed E-state index contributed by atoms with van der Waals surface area (Å²) in [6.07, 6.45) is 10.1. The number of likely N-dealkylation sites (N-methyl/N-ethyl adjacent to an activating group) is 2.